The molecule has 22 heavy (non-hydrogen) atoms. The smallest absolute Gasteiger partial charge is 0.238 e. The van der Waals surface area contributed by atoms with Gasteiger partial charge in [-0.25, -0.2) is 0 Å². The molecule has 0 saturated carbocycles. The SMILES string of the molecule is CCc1ccccc1NC(=O)CN1CCC(CC)(CO)CC1. The number of carbonyl (C=O) groups is 1. The molecule has 0 spiro atoms. The van der Waals surface area contributed by atoms with Crippen LogP contribution in [0.25, 0.3) is 0 Å². The molecule has 1 aromatic rings. The summed E-state index contributed by atoms with van der Waals surface area (Å²) in [4.78, 5) is 14.4. The molecule has 1 fully saturated rings. The number of hydrogen-bond donors (Lipinski definition) is 2. The van der Waals surface area contributed by atoms with Crippen LogP contribution in [0.1, 0.15) is 38.7 Å². The van der Waals surface area contributed by atoms with Crippen molar-refractivity contribution in [3.63, 3.8) is 0 Å². The van der Waals surface area contributed by atoms with E-state index in [9.17, 15) is 9.90 Å². The van der Waals surface area contributed by atoms with E-state index in [4.69, 9.17) is 0 Å². The third kappa shape index (κ3) is 4.08. The molecule has 0 aliphatic carbocycles. The van der Waals surface area contributed by atoms with Gasteiger partial charge in [-0.05, 0) is 55.8 Å². The summed E-state index contributed by atoms with van der Waals surface area (Å²) in [5, 5.41) is 12.6. The Kier molecular flexibility index (Phi) is 5.98. The van der Waals surface area contributed by atoms with Gasteiger partial charge < -0.3 is 10.4 Å². The lowest BCUT2D eigenvalue weighted by Gasteiger charge is -2.39. The van der Waals surface area contributed by atoms with Crippen molar-refractivity contribution in [1.29, 1.82) is 0 Å². The van der Waals surface area contributed by atoms with E-state index in [1.165, 1.54) is 5.56 Å². The number of benzene rings is 1. The molecule has 122 valence electrons. The first kappa shape index (κ1) is 17.0. The summed E-state index contributed by atoms with van der Waals surface area (Å²) in [7, 11) is 0. The van der Waals surface area contributed by atoms with Crippen LogP contribution in [-0.2, 0) is 11.2 Å². The van der Waals surface area contributed by atoms with Crippen molar-refractivity contribution in [2.24, 2.45) is 5.41 Å². The highest BCUT2D eigenvalue weighted by Crippen LogP contribution is 2.34. The van der Waals surface area contributed by atoms with E-state index >= 15 is 0 Å². The number of carbonyl (C=O) groups excluding carboxylic acids is 1. The number of aryl methyl sites for hydroxylation is 1. The Labute approximate surface area is 133 Å². The molecule has 1 saturated heterocycles. The fraction of sp³-hybridized carbons (Fsp3) is 0.611. The molecule has 0 radical (unpaired) electrons. The second-order valence-corrected chi connectivity index (χ2v) is 6.35. The van der Waals surface area contributed by atoms with Crippen LogP contribution in [0.5, 0.6) is 0 Å². The predicted molar refractivity (Wildman–Crippen MR) is 89.9 cm³/mol. The van der Waals surface area contributed by atoms with E-state index in [0.717, 1.165) is 44.5 Å². The number of piperidine rings is 1. The number of aliphatic hydroxyl groups is 1. The van der Waals surface area contributed by atoms with Gasteiger partial charge in [-0.15, -0.1) is 0 Å². The first-order chi connectivity index (χ1) is 10.6. The van der Waals surface area contributed by atoms with Gasteiger partial charge in [0.2, 0.25) is 5.91 Å². The highest BCUT2D eigenvalue weighted by molar-refractivity contribution is 5.93. The number of rotatable bonds is 6. The lowest BCUT2D eigenvalue weighted by Crippen LogP contribution is -2.44. The number of amides is 1. The minimum absolute atomic E-state index is 0.0499. The molecule has 1 aromatic carbocycles. The fourth-order valence-corrected chi connectivity index (χ4v) is 3.15. The molecule has 4 nitrogen and oxygen atoms in total. The molecule has 4 heteroatoms. The highest BCUT2D eigenvalue weighted by atomic mass is 16.3. The predicted octanol–water partition coefficient (Wildman–Crippen LogP) is 2.67. The van der Waals surface area contributed by atoms with Gasteiger partial charge in [-0.2, -0.15) is 0 Å². The molecule has 0 aromatic heterocycles. The summed E-state index contributed by atoms with van der Waals surface area (Å²) < 4.78 is 0. The maximum absolute atomic E-state index is 12.2. The van der Waals surface area contributed by atoms with E-state index in [-0.39, 0.29) is 17.9 Å². The van der Waals surface area contributed by atoms with E-state index in [1.807, 2.05) is 24.3 Å². The van der Waals surface area contributed by atoms with Crippen molar-refractivity contribution in [3.05, 3.63) is 29.8 Å². The summed E-state index contributed by atoms with van der Waals surface area (Å²) in [6.07, 6.45) is 3.86. The average molecular weight is 304 g/mol. The molecule has 0 unspecified atom stereocenters. The Morgan fingerprint density at radius 3 is 2.55 bits per heavy atom. The fourth-order valence-electron chi connectivity index (χ4n) is 3.15. The average Bonchev–Trinajstić information content (AvgIpc) is 2.56. The zero-order valence-electron chi connectivity index (χ0n) is 13.8. The number of para-hydroxylation sites is 1. The summed E-state index contributed by atoms with van der Waals surface area (Å²) in [5.74, 6) is 0.0499. The number of likely N-dealkylation sites (tertiary alicyclic amines) is 1. The van der Waals surface area contributed by atoms with E-state index in [0.29, 0.717) is 6.54 Å². The molecule has 1 heterocycles. The van der Waals surface area contributed by atoms with Crippen molar-refractivity contribution in [1.82, 2.24) is 4.90 Å². The summed E-state index contributed by atoms with van der Waals surface area (Å²) in [6, 6.07) is 7.96. The van der Waals surface area contributed by atoms with Crippen LogP contribution >= 0.6 is 0 Å². The number of nitrogens with one attached hydrogen (secondary N) is 1. The molecular formula is C18H28N2O2. The molecule has 2 N–H and O–H groups in total. The van der Waals surface area contributed by atoms with Crippen LogP contribution in [-0.4, -0.2) is 42.2 Å². The van der Waals surface area contributed by atoms with Gasteiger partial charge >= 0.3 is 0 Å². The standard InChI is InChI=1S/C18H28N2O2/c1-3-15-7-5-6-8-16(15)19-17(22)13-20-11-9-18(4-2,14-21)10-12-20/h5-8,21H,3-4,9-14H2,1-2H3,(H,19,22). The van der Waals surface area contributed by atoms with Crippen LogP contribution < -0.4 is 5.32 Å². The van der Waals surface area contributed by atoms with Crippen LogP contribution in [0, 0.1) is 5.41 Å². The first-order valence-corrected chi connectivity index (χ1v) is 8.33. The molecule has 2 rings (SSSR count). The van der Waals surface area contributed by atoms with Crippen molar-refractivity contribution >= 4 is 11.6 Å². The van der Waals surface area contributed by atoms with Crippen LogP contribution in [0.4, 0.5) is 5.69 Å². The Morgan fingerprint density at radius 2 is 1.95 bits per heavy atom. The van der Waals surface area contributed by atoms with Gasteiger partial charge in [-0.3, -0.25) is 9.69 Å². The third-order valence-corrected chi connectivity index (χ3v) is 5.04. The van der Waals surface area contributed by atoms with Gasteiger partial charge in [0.15, 0.2) is 0 Å². The molecule has 0 atom stereocenters. The topological polar surface area (TPSA) is 52.6 Å². The van der Waals surface area contributed by atoms with Gasteiger partial charge in [0.1, 0.15) is 0 Å². The van der Waals surface area contributed by atoms with Crippen LogP contribution in [0.3, 0.4) is 0 Å². The Hall–Kier alpha value is -1.39. The van der Waals surface area contributed by atoms with Crippen molar-refractivity contribution in [3.8, 4) is 0 Å². The second-order valence-electron chi connectivity index (χ2n) is 6.35. The zero-order chi connectivity index (χ0) is 16.0. The zero-order valence-corrected chi connectivity index (χ0v) is 13.8. The maximum atomic E-state index is 12.2. The van der Waals surface area contributed by atoms with Gasteiger partial charge in [0.25, 0.3) is 0 Å². The Morgan fingerprint density at radius 1 is 1.27 bits per heavy atom. The Balaban J connectivity index is 1.86. The minimum Gasteiger partial charge on any atom is -0.396 e. The third-order valence-electron chi connectivity index (χ3n) is 5.04. The van der Waals surface area contributed by atoms with Crippen LogP contribution in [0.2, 0.25) is 0 Å². The van der Waals surface area contributed by atoms with Gasteiger partial charge in [0.05, 0.1) is 6.54 Å². The largest absolute Gasteiger partial charge is 0.396 e. The number of hydrogen-bond acceptors (Lipinski definition) is 3. The summed E-state index contributed by atoms with van der Waals surface area (Å²) in [5.41, 5.74) is 2.16. The summed E-state index contributed by atoms with van der Waals surface area (Å²) in [6.45, 7) is 6.69. The second kappa shape index (κ2) is 7.75. The summed E-state index contributed by atoms with van der Waals surface area (Å²) >= 11 is 0. The van der Waals surface area contributed by atoms with Crippen molar-refractivity contribution < 1.29 is 9.90 Å². The Bertz CT molecular complexity index is 488. The normalized spacial score (nSPS) is 18.1. The number of anilines is 1. The molecular weight excluding hydrogens is 276 g/mol. The van der Waals surface area contributed by atoms with E-state index < -0.39 is 0 Å². The minimum atomic E-state index is 0.0499. The molecule has 1 aliphatic rings. The molecule has 1 amide bonds. The molecule has 1 aliphatic heterocycles. The first-order valence-electron chi connectivity index (χ1n) is 8.33. The quantitative estimate of drug-likeness (QED) is 0.849. The lowest BCUT2D eigenvalue weighted by molar-refractivity contribution is -0.118. The van der Waals surface area contributed by atoms with Gasteiger partial charge in [0, 0.05) is 12.3 Å². The van der Waals surface area contributed by atoms with Crippen molar-refractivity contribution in [2.75, 3.05) is 31.6 Å². The van der Waals surface area contributed by atoms with Crippen molar-refractivity contribution in [2.45, 2.75) is 39.5 Å². The number of aliphatic hydroxyl groups excluding tert-OH is 1. The van der Waals surface area contributed by atoms with Gasteiger partial charge in [-0.1, -0.05) is 32.0 Å². The monoisotopic (exact) mass is 304 g/mol. The van der Waals surface area contributed by atoms with Crippen LogP contribution in [0.15, 0.2) is 24.3 Å². The van der Waals surface area contributed by atoms with E-state index in [1.54, 1.807) is 0 Å². The highest BCUT2D eigenvalue weighted by Gasteiger charge is 2.32. The number of nitrogens with zero attached hydrogens (tertiary/aromatic N) is 1. The lowest BCUT2D eigenvalue weighted by atomic mass is 9.77. The maximum Gasteiger partial charge on any atom is 0.238 e. The molecule has 0 bridgehead atoms. The van der Waals surface area contributed by atoms with E-state index in [2.05, 4.69) is 24.1 Å².